The number of nitrogens with one attached hydrogen (secondary N) is 1. The number of aromatic nitrogens is 4. The zero-order valence-corrected chi connectivity index (χ0v) is 30.4. The third-order valence-corrected chi connectivity index (χ3v) is 9.53. The van der Waals surface area contributed by atoms with Crippen molar-refractivity contribution in [3.63, 3.8) is 0 Å². The van der Waals surface area contributed by atoms with Crippen molar-refractivity contribution >= 4 is 21.9 Å². The van der Waals surface area contributed by atoms with Crippen molar-refractivity contribution < 1.29 is 22.7 Å². The van der Waals surface area contributed by atoms with E-state index in [0.717, 1.165) is 23.1 Å². The van der Waals surface area contributed by atoms with E-state index >= 15 is 0 Å². The molecule has 0 spiro atoms. The number of benzene rings is 2. The molecule has 12 heteroatoms. The molecule has 260 valence electrons. The molecule has 49 heavy (non-hydrogen) atoms. The van der Waals surface area contributed by atoms with E-state index in [0.29, 0.717) is 41.8 Å². The van der Waals surface area contributed by atoms with Crippen LogP contribution in [-0.2, 0) is 23.0 Å². The molecule has 1 aliphatic rings. The van der Waals surface area contributed by atoms with Crippen molar-refractivity contribution in [2.24, 2.45) is 11.3 Å². The molecule has 1 aliphatic heterocycles. The van der Waals surface area contributed by atoms with Crippen LogP contribution in [0.1, 0.15) is 80.8 Å². The molecule has 1 N–H and O–H groups in total. The number of fused-ring (bicyclic) bond motifs is 4. The SMILES string of the molecule is CCOc1cnc(CN2C(=O)c3cccc(c3)S(=O)(=O)Nc3nc(c(C)c(-c4c(C)cccc4CC(C)C)n3)OC[C@H]2CC(C)(C)C)nc1. The number of carbonyl (C=O) groups excluding carboxylic acids is 1. The molecule has 0 radical (unpaired) electrons. The summed E-state index contributed by atoms with van der Waals surface area (Å²) < 4.78 is 42.2. The Morgan fingerprint density at radius 1 is 1.06 bits per heavy atom. The van der Waals surface area contributed by atoms with Gasteiger partial charge in [-0.25, -0.2) is 28.1 Å². The van der Waals surface area contributed by atoms with E-state index in [2.05, 4.69) is 60.4 Å². The maximum atomic E-state index is 14.4. The van der Waals surface area contributed by atoms with Crippen LogP contribution in [0.2, 0.25) is 0 Å². The van der Waals surface area contributed by atoms with Crippen LogP contribution >= 0.6 is 0 Å². The molecule has 0 unspecified atom stereocenters. The minimum atomic E-state index is -4.20. The second-order valence-electron chi connectivity index (χ2n) is 14.1. The molecule has 2 aromatic heterocycles. The summed E-state index contributed by atoms with van der Waals surface area (Å²) in [5.41, 5.74) is 4.26. The maximum absolute atomic E-state index is 14.4. The zero-order valence-electron chi connectivity index (χ0n) is 29.6. The Hall–Kier alpha value is -4.58. The van der Waals surface area contributed by atoms with Crippen molar-refractivity contribution in [2.45, 2.75) is 85.7 Å². The first-order chi connectivity index (χ1) is 23.1. The number of sulfonamides is 1. The van der Waals surface area contributed by atoms with Crippen LogP contribution in [0.4, 0.5) is 5.95 Å². The lowest BCUT2D eigenvalue weighted by Gasteiger charge is -2.35. The monoisotopic (exact) mass is 686 g/mol. The Labute approximate surface area is 289 Å². The van der Waals surface area contributed by atoms with Crippen molar-refractivity contribution in [2.75, 3.05) is 17.9 Å². The molecule has 5 rings (SSSR count). The quantitative estimate of drug-likeness (QED) is 0.213. The van der Waals surface area contributed by atoms with Crippen LogP contribution in [0.3, 0.4) is 0 Å². The van der Waals surface area contributed by atoms with Crippen molar-refractivity contribution in [3.8, 4) is 22.9 Å². The minimum Gasteiger partial charge on any atom is -0.491 e. The van der Waals surface area contributed by atoms with E-state index in [1.165, 1.54) is 12.1 Å². The van der Waals surface area contributed by atoms with E-state index in [1.807, 2.05) is 32.9 Å². The predicted octanol–water partition coefficient (Wildman–Crippen LogP) is 6.79. The van der Waals surface area contributed by atoms with Gasteiger partial charge in [0.1, 0.15) is 12.4 Å². The number of ether oxygens (including phenoxy) is 2. The van der Waals surface area contributed by atoms with Gasteiger partial charge in [-0.1, -0.05) is 58.9 Å². The highest BCUT2D eigenvalue weighted by Gasteiger charge is 2.32. The average Bonchev–Trinajstić information content (AvgIpc) is 3.03. The van der Waals surface area contributed by atoms with Crippen LogP contribution in [-0.4, -0.2) is 58.4 Å². The topological polar surface area (TPSA) is 136 Å². The van der Waals surface area contributed by atoms with Gasteiger partial charge in [0.25, 0.3) is 15.9 Å². The van der Waals surface area contributed by atoms with Gasteiger partial charge in [-0.3, -0.25) is 4.79 Å². The first-order valence-corrected chi connectivity index (χ1v) is 18.1. The highest BCUT2D eigenvalue weighted by Crippen LogP contribution is 2.36. The third-order valence-electron chi connectivity index (χ3n) is 8.21. The number of anilines is 1. The number of rotatable bonds is 8. The number of aryl methyl sites for hydroxylation is 1. The second-order valence-corrected chi connectivity index (χ2v) is 15.8. The summed E-state index contributed by atoms with van der Waals surface area (Å²) in [6, 6.07) is 11.6. The molecule has 0 fully saturated rings. The van der Waals surface area contributed by atoms with E-state index in [9.17, 15) is 13.2 Å². The summed E-state index contributed by atoms with van der Waals surface area (Å²) in [5.74, 6) is 1.06. The summed E-state index contributed by atoms with van der Waals surface area (Å²) in [5, 5.41) is 0. The lowest BCUT2D eigenvalue weighted by atomic mass is 9.87. The molecule has 0 saturated heterocycles. The van der Waals surface area contributed by atoms with Gasteiger partial charge in [-0.15, -0.1) is 0 Å². The van der Waals surface area contributed by atoms with Crippen LogP contribution in [0.5, 0.6) is 11.6 Å². The smallest absolute Gasteiger partial charge is 0.264 e. The van der Waals surface area contributed by atoms with Gasteiger partial charge in [-0.05, 0) is 74.3 Å². The molecule has 3 heterocycles. The molecule has 11 nitrogen and oxygen atoms in total. The van der Waals surface area contributed by atoms with Crippen LogP contribution in [0.25, 0.3) is 11.3 Å². The number of carbonyl (C=O) groups is 1. The highest BCUT2D eigenvalue weighted by atomic mass is 32.2. The first-order valence-electron chi connectivity index (χ1n) is 16.6. The largest absolute Gasteiger partial charge is 0.491 e. The van der Waals surface area contributed by atoms with Gasteiger partial charge in [0.05, 0.1) is 42.2 Å². The van der Waals surface area contributed by atoms with Gasteiger partial charge in [0.2, 0.25) is 11.8 Å². The van der Waals surface area contributed by atoms with Crippen LogP contribution < -0.4 is 14.2 Å². The van der Waals surface area contributed by atoms with E-state index in [1.54, 1.807) is 29.4 Å². The van der Waals surface area contributed by atoms with E-state index < -0.39 is 16.1 Å². The molecule has 2 aromatic carbocycles. The predicted molar refractivity (Wildman–Crippen MR) is 189 cm³/mol. The maximum Gasteiger partial charge on any atom is 0.264 e. The molecule has 1 amide bonds. The average molecular weight is 687 g/mol. The van der Waals surface area contributed by atoms with Crippen LogP contribution in [0.15, 0.2) is 59.8 Å². The second kappa shape index (κ2) is 14.5. The lowest BCUT2D eigenvalue weighted by molar-refractivity contribution is 0.0504. The third kappa shape index (κ3) is 8.54. The van der Waals surface area contributed by atoms with Gasteiger partial charge in [0, 0.05) is 16.7 Å². The van der Waals surface area contributed by atoms with Gasteiger partial charge in [0.15, 0.2) is 5.75 Å². The first kappa shape index (κ1) is 35.7. The normalized spacial score (nSPS) is 16.2. The summed E-state index contributed by atoms with van der Waals surface area (Å²) in [4.78, 5) is 34.3. The number of hydrogen-bond donors (Lipinski definition) is 1. The molecular weight excluding hydrogens is 641 g/mol. The Kier molecular flexibility index (Phi) is 10.6. The zero-order chi connectivity index (χ0) is 35.5. The van der Waals surface area contributed by atoms with E-state index in [4.69, 9.17) is 14.5 Å². The fourth-order valence-electron chi connectivity index (χ4n) is 6.07. The van der Waals surface area contributed by atoms with Crippen molar-refractivity contribution in [3.05, 3.63) is 82.9 Å². The van der Waals surface area contributed by atoms with E-state index in [-0.39, 0.29) is 46.8 Å². The summed E-state index contributed by atoms with van der Waals surface area (Å²) >= 11 is 0. The summed E-state index contributed by atoms with van der Waals surface area (Å²) in [6.45, 7) is 17.0. The highest BCUT2D eigenvalue weighted by molar-refractivity contribution is 7.92. The number of nitrogens with zero attached hydrogens (tertiary/aromatic N) is 5. The molecule has 4 aromatic rings. The van der Waals surface area contributed by atoms with Crippen molar-refractivity contribution in [1.82, 2.24) is 24.8 Å². The van der Waals surface area contributed by atoms with Crippen molar-refractivity contribution in [1.29, 1.82) is 0 Å². The Bertz CT molecular complexity index is 1920. The summed E-state index contributed by atoms with van der Waals surface area (Å²) in [7, 11) is -4.20. The number of hydrogen-bond acceptors (Lipinski definition) is 9. The Balaban J connectivity index is 1.69. The minimum absolute atomic E-state index is 0.0611. The molecule has 0 aliphatic carbocycles. The molecular formula is C37H46N6O5S. The molecule has 0 saturated carbocycles. The van der Waals surface area contributed by atoms with Gasteiger partial charge in [-0.2, -0.15) is 4.98 Å². The Morgan fingerprint density at radius 2 is 1.78 bits per heavy atom. The standard InChI is InChI=1S/C37H46N6O5S/c1-9-47-29-19-38-31(39-20-29)21-43-28(18-37(6,7)8)22-48-34-25(5)33(32-24(4)12-10-13-26(32)16-23(2)3)40-36(41-34)42-49(45,46)30-15-11-14-27(17-30)35(43)44/h10-15,17,19-20,23,28H,9,16,18,21-22H2,1-8H3,(H,40,41,42)/t28-/m1/s1. The Morgan fingerprint density at radius 3 is 2.45 bits per heavy atom. The fraction of sp³-hybridized carbons (Fsp3) is 0.432. The fourth-order valence-corrected chi connectivity index (χ4v) is 7.06. The summed E-state index contributed by atoms with van der Waals surface area (Å²) in [6.07, 6.45) is 4.53. The lowest BCUT2D eigenvalue weighted by Crippen LogP contribution is -2.45. The molecule has 1 atom stereocenters. The number of amides is 1. The van der Waals surface area contributed by atoms with Crippen LogP contribution in [0, 0.1) is 25.2 Å². The van der Waals surface area contributed by atoms with Gasteiger partial charge >= 0.3 is 0 Å². The molecule has 4 bridgehead atoms. The van der Waals surface area contributed by atoms with Gasteiger partial charge < -0.3 is 14.4 Å².